The van der Waals surface area contributed by atoms with E-state index in [1.807, 2.05) is 72.8 Å². The second-order valence-electron chi connectivity index (χ2n) is 13.6. The van der Waals surface area contributed by atoms with Crippen molar-refractivity contribution in [2.45, 2.75) is 56.3 Å². The molecule has 0 saturated carbocycles. The molecule has 5 aromatic rings. The number of aryl methyl sites for hydroxylation is 2. The van der Waals surface area contributed by atoms with E-state index in [-0.39, 0.29) is 49.7 Å². The highest BCUT2D eigenvalue weighted by atomic mass is 31.2. The van der Waals surface area contributed by atoms with Gasteiger partial charge < -0.3 is 24.4 Å². The topological polar surface area (TPSA) is 118 Å². The number of nitriles is 1. The third kappa shape index (κ3) is 12.8. The van der Waals surface area contributed by atoms with Crippen LogP contribution in [-0.4, -0.2) is 36.6 Å². The summed E-state index contributed by atoms with van der Waals surface area (Å²) < 4.78 is 75.0. The number of nitrogens with zero attached hydrogens (tertiary/aromatic N) is 1. The Balaban J connectivity index is 1.34. The average molecular weight is 785 g/mol. The summed E-state index contributed by atoms with van der Waals surface area (Å²) in [6.07, 6.45) is -4.55. The van der Waals surface area contributed by atoms with Gasteiger partial charge in [-0.15, -0.1) is 0 Å². The highest BCUT2D eigenvalue weighted by Crippen LogP contribution is 2.54. The summed E-state index contributed by atoms with van der Waals surface area (Å²) in [7, 11) is -3.53. The average Bonchev–Trinajstić information content (AvgIpc) is 3.21. The Labute approximate surface area is 325 Å². The van der Waals surface area contributed by atoms with Crippen LogP contribution < -0.4 is 10.1 Å². The van der Waals surface area contributed by atoms with Gasteiger partial charge in [-0.1, -0.05) is 109 Å². The quantitative estimate of drug-likeness (QED) is 0.0633. The molecule has 0 spiro atoms. The highest BCUT2D eigenvalue weighted by molar-refractivity contribution is 7.57. The lowest BCUT2D eigenvalue weighted by molar-refractivity contribution is -0.139. The van der Waals surface area contributed by atoms with Crippen LogP contribution in [0.15, 0.2) is 133 Å². The number of rotatable bonds is 19. The molecule has 8 nitrogen and oxygen atoms in total. The van der Waals surface area contributed by atoms with E-state index < -0.39 is 44.0 Å². The molecule has 0 aliphatic rings. The Morgan fingerprint density at radius 1 is 0.750 bits per heavy atom. The van der Waals surface area contributed by atoms with Gasteiger partial charge in [0.15, 0.2) is 0 Å². The standard InChI is InChI=1S/C44H44F3N2O6P/c45-44(46,47)40-27-35(22-23-41(40)53-26-10-17-34-18-20-36(28-48)21-19-34)24-25-43(32-50,49-42(51)54-29-37-11-4-1-5-12-37)33-55-56(52,30-38-13-6-2-7-14-38)31-39-15-8-3-9-16-39/h1-9,11-16,18-23,27,50H,10,17,24-26,29-33H2,(H,49,51). The van der Waals surface area contributed by atoms with E-state index in [1.165, 1.54) is 12.1 Å². The number of halogens is 3. The number of aliphatic hydroxyl groups is 1. The fraction of sp³-hybridized carbons (Fsp3) is 0.273. The molecule has 12 heteroatoms. The van der Waals surface area contributed by atoms with Crippen molar-refractivity contribution < 1.29 is 41.6 Å². The first kappa shape index (κ1) is 41.8. The number of nitrogens with one attached hydrogen (secondary N) is 1. The Morgan fingerprint density at radius 3 is 1.88 bits per heavy atom. The van der Waals surface area contributed by atoms with Crippen LogP contribution in [0.3, 0.4) is 0 Å². The van der Waals surface area contributed by atoms with Crippen LogP contribution in [0.4, 0.5) is 18.0 Å². The van der Waals surface area contributed by atoms with Crippen LogP contribution in [0.2, 0.25) is 0 Å². The van der Waals surface area contributed by atoms with Crippen LogP contribution in [-0.2, 0) is 51.8 Å². The smallest absolute Gasteiger partial charge is 0.419 e. The lowest BCUT2D eigenvalue weighted by Gasteiger charge is -2.34. The molecule has 56 heavy (non-hydrogen) atoms. The Kier molecular flexibility index (Phi) is 14.9. The van der Waals surface area contributed by atoms with Crippen molar-refractivity contribution in [1.29, 1.82) is 5.26 Å². The van der Waals surface area contributed by atoms with Gasteiger partial charge in [-0.05, 0) is 77.8 Å². The Bertz CT molecular complexity index is 2030. The zero-order chi connectivity index (χ0) is 39.9. The minimum absolute atomic E-state index is 0.0212. The SMILES string of the molecule is N#Cc1ccc(CCCOc2ccc(CCC(CO)(COP(=O)(Cc3ccccc3)Cc3ccccc3)NC(=O)OCc3ccccc3)cc2C(F)(F)F)cc1. The highest BCUT2D eigenvalue weighted by Gasteiger charge is 2.38. The maximum absolute atomic E-state index is 14.6. The van der Waals surface area contributed by atoms with Gasteiger partial charge in [-0.2, -0.15) is 18.4 Å². The van der Waals surface area contributed by atoms with E-state index in [9.17, 15) is 27.6 Å². The molecular weight excluding hydrogens is 740 g/mol. The molecule has 0 saturated heterocycles. The van der Waals surface area contributed by atoms with Crippen molar-refractivity contribution in [2.75, 3.05) is 19.8 Å². The predicted octanol–water partition coefficient (Wildman–Crippen LogP) is 9.87. The Morgan fingerprint density at radius 2 is 1.32 bits per heavy atom. The third-order valence-corrected chi connectivity index (χ3v) is 11.5. The van der Waals surface area contributed by atoms with Crippen LogP contribution in [0.5, 0.6) is 5.75 Å². The summed E-state index contributed by atoms with van der Waals surface area (Å²) in [4.78, 5) is 13.2. The normalized spacial score (nSPS) is 12.6. The molecule has 0 fully saturated rings. The number of carbonyl (C=O) groups excluding carboxylic acids is 1. The van der Waals surface area contributed by atoms with Crippen molar-refractivity contribution in [2.24, 2.45) is 0 Å². The van der Waals surface area contributed by atoms with Gasteiger partial charge in [-0.3, -0.25) is 4.57 Å². The van der Waals surface area contributed by atoms with Crippen LogP contribution in [0, 0.1) is 11.3 Å². The van der Waals surface area contributed by atoms with E-state index >= 15 is 0 Å². The Hall–Kier alpha value is -5.40. The monoisotopic (exact) mass is 784 g/mol. The molecule has 0 aliphatic carbocycles. The van der Waals surface area contributed by atoms with Crippen molar-refractivity contribution >= 4 is 13.5 Å². The van der Waals surface area contributed by atoms with Crippen molar-refractivity contribution in [3.8, 4) is 11.8 Å². The molecular formula is C44H44F3N2O6P. The molecule has 292 valence electrons. The molecule has 2 N–H and O–H groups in total. The number of alkyl halides is 3. The van der Waals surface area contributed by atoms with E-state index in [0.717, 1.165) is 28.3 Å². The fourth-order valence-electron chi connectivity index (χ4n) is 6.09. The first-order valence-corrected chi connectivity index (χ1v) is 20.2. The molecule has 0 bridgehead atoms. The molecule has 0 heterocycles. The molecule has 1 amide bonds. The van der Waals surface area contributed by atoms with Gasteiger partial charge >= 0.3 is 12.3 Å². The molecule has 5 rings (SSSR count). The van der Waals surface area contributed by atoms with Gasteiger partial charge in [0.25, 0.3) is 0 Å². The van der Waals surface area contributed by atoms with Crippen molar-refractivity contribution in [3.05, 3.63) is 172 Å². The molecule has 1 atom stereocenters. The lowest BCUT2D eigenvalue weighted by Crippen LogP contribution is -2.55. The first-order valence-electron chi connectivity index (χ1n) is 18.2. The summed E-state index contributed by atoms with van der Waals surface area (Å²) in [5, 5.41) is 22.6. The van der Waals surface area contributed by atoms with Crippen molar-refractivity contribution in [1.82, 2.24) is 5.32 Å². The molecule has 1 unspecified atom stereocenters. The summed E-state index contributed by atoms with van der Waals surface area (Å²) >= 11 is 0. The van der Waals surface area contributed by atoms with Crippen LogP contribution in [0.25, 0.3) is 0 Å². The number of benzene rings is 5. The number of hydrogen-bond donors (Lipinski definition) is 2. The maximum Gasteiger partial charge on any atom is 0.419 e. The zero-order valence-corrected chi connectivity index (χ0v) is 31.7. The van der Waals surface area contributed by atoms with E-state index in [4.69, 9.17) is 19.3 Å². The number of carbonyl (C=O) groups is 1. The lowest BCUT2D eigenvalue weighted by atomic mass is 9.92. The fourth-order valence-corrected chi connectivity index (χ4v) is 8.40. The molecule has 0 aromatic heterocycles. The first-order chi connectivity index (χ1) is 27.0. The number of aliphatic hydroxyl groups excluding tert-OH is 1. The minimum atomic E-state index is -4.73. The number of alkyl carbamates (subject to hydrolysis) is 1. The largest absolute Gasteiger partial charge is 0.493 e. The summed E-state index contributed by atoms with van der Waals surface area (Å²) in [5.74, 6) is -0.316. The number of amides is 1. The van der Waals surface area contributed by atoms with Crippen LogP contribution >= 0.6 is 7.37 Å². The molecule has 0 radical (unpaired) electrons. The third-order valence-electron chi connectivity index (χ3n) is 9.18. The molecule has 5 aromatic carbocycles. The van der Waals surface area contributed by atoms with Gasteiger partial charge in [0, 0.05) is 0 Å². The van der Waals surface area contributed by atoms with Gasteiger partial charge in [0.1, 0.15) is 12.4 Å². The summed E-state index contributed by atoms with van der Waals surface area (Å²) in [6, 6.07) is 40.1. The number of hydrogen-bond acceptors (Lipinski definition) is 7. The van der Waals surface area contributed by atoms with E-state index in [1.54, 1.807) is 48.5 Å². The zero-order valence-electron chi connectivity index (χ0n) is 30.8. The maximum atomic E-state index is 14.6. The van der Waals surface area contributed by atoms with E-state index in [2.05, 4.69) is 5.32 Å². The summed E-state index contributed by atoms with van der Waals surface area (Å²) in [5.41, 5.74) is 1.45. The van der Waals surface area contributed by atoms with Gasteiger partial charge in [0.2, 0.25) is 7.37 Å². The van der Waals surface area contributed by atoms with Gasteiger partial charge in [-0.25, -0.2) is 4.79 Å². The summed E-state index contributed by atoms with van der Waals surface area (Å²) in [6.45, 7) is -1.13. The minimum Gasteiger partial charge on any atom is -0.493 e. The van der Waals surface area contributed by atoms with E-state index in [0.29, 0.717) is 18.4 Å². The molecule has 0 aliphatic heterocycles. The van der Waals surface area contributed by atoms with Crippen LogP contribution in [0.1, 0.15) is 51.8 Å². The van der Waals surface area contributed by atoms with Crippen molar-refractivity contribution in [3.63, 3.8) is 0 Å². The van der Waals surface area contributed by atoms with Gasteiger partial charge in [0.05, 0.1) is 54.9 Å². The second-order valence-corrected chi connectivity index (χ2v) is 16.1. The predicted molar refractivity (Wildman–Crippen MR) is 208 cm³/mol. The number of ether oxygens (including phenoxy) is 2. The second kappa shape index (κ2) is 20.0.